The summed E-state index contributed by atoms with van der Waals surface area (Å²) in [4.78, 5) is 29.7. The van der Waals surface area contributed by atoms with Crippen LogP contribution in [0.3, 0.4) is 0 Å². The van der Waals surface area contributed by atoms with Gasteiger partial charge in [0.05, 0.1) is 25.2 Å². The summed E-state index contributed by atoms with van der Waals surface area (Å²) in [6.07, 6.45) is 0.594. The van der Waals surface area contributed by atoms with Crippen molar-refractivity contribution in [1.29, 1.82) is 0 Å². The number of ether oxygens (including phenoxy) is 2. The van der Waals surface area contributed by atoms with Crippen LogP contribution in [0.1, 0.15) is 22.3 Å². The van der Waals surface area contributed by atoms with Gasteiger partial charge in [-0.2, -0.15) is 0 Å². The fourth-order valence-corrected chi connectivity index (χ4v) is 4.23. The maximum absolute atomic E-state index is 13.1. The minimum Gasteiger partial charge on any atom is -0.497 e. The number of rotatable bonds is 3. The third-order valence-corrected chi connectivity index (χ3v) is 5.69. The Morgan fingerprint density at radius 1 is 1.11 bits per heavy atom. The number of carbonyl (C=O) groups is 2. The Morgan fingerprint density at radius 2 is 1.89 bits per heavy atom. The molecule has 0 saturated carbocycles. The number of benzene rings is 2. The average Bonchev–Trinajstić information content (AvgIpc) is 3.25. The number of para-hydroxylation sites is 1. The number of likely N-dealkylation sites (tertiary alicyclic amines) is 1. The van der Waals surface area contributed by atoms with Gasteiger partial charge in [-0.15, -0.1) is 0 Å². The van der Waals surface area contributed by atoms with E-state index in [-0.39, 0.29) is 11.8 Å². The van der Waals surface area contributed by atoms with Gasteiger partial charge in [0.15, 0.2) is 0 Å². The Hall–Kier alpha value is -3.02. The number of carbonyl (C=O) groups excluding carboxylic acids is 2. The van der Waals surface area contributed by atoms with Crippen LogP contribution in [0.15, 0.2) is 42.5 Å². The van der Waals surface area contributed by atoms with E-state index < -0.39 is 5.41 Å². The number of hydrogen-bond donors (Lipinski definition) is 0. The molecule has 0 aromatic heterocycles. The lowest BCUT2D eigenvalue weighted by atomic mass is 9.81. The molecule has 27 heavy (non-hydrogen) atoms. The van der Waals surface area contributed by atoms with Gasteiger partial charge in [-0.25, -0.2) is 0 Å². The van der Waals surface area contributed by atoms with Crippen LogP contribution in [0.25, 0.3) is 0 Å². The summed E-state index contributed by atoms with van der Waals surface area (Å²) >= 11 is 0. The van der Waals surface area contributed by atoms with Gasteiger partial charge < -0.3 is 19.3 Å². The lowest BCUT2D eigenvalue weighted by Gasteiger charge is -2.24. The van der Waals surface area contributed by atoms with Crippen molar-refractivity contribution in [3.8, 4) is 11.5 Å². The molecule has 1 saturated heterocycles. The van der Waals surface area contributed by atoms with Crippen molar-refractivity contribution in [2.75, 3.05) is 39.3 Å². The number of fused-ring (bicyclic) bond motifs is 2. The first-order valence-electron chi connectivity index (χ1n) is 8.91. The molecule has 1 spiro atoms. The molecule has 6 nitrogen and oxygen atoms in total. The zero-order valence-electron chi connectivity index (χ0n) is 15.7. The molecular weight excluding hydrogens is 344 g/mol. The quantitative estimate of drug-likeness (QED) is 0.837. The summed E-state index contributed by atoms with van der Waals surface area (Å²) < 4.78 is 10.7. The molecule has 2 amide bonds. The number of likely N-dealkylation sites (N-methyl/N-ethyl adjacent to an activating group) is 1. The molecule has 0 aliphatic carbocycles. The van der Waals surface area contributed by atoms with Crippen molar-refractivity contribution in [3.63, 3.8) is 0 Å². The van der Waals surface area contributed by atoms with Gasteiger partial charge in [0, 0.05) is 25.8 Å². The van der Waals surface area contributed by atoms with Gasteiger partial charge in [0.2, 0.25) is 5.91 Å². The number of nitrogens with zero attached hydrogens (tertiary/aromatic N) is 2. The number of amides is 2. The van der Waals surface area contributed by atoms with Crippen molar-refractivity contribution in [3.05, 3.63) is 53.6 Å². The highest BCUT2D eigenvalue weighted by atomic mass is 16.5. The number of methoxy groups -OCH3 is 2. The minimum atomic E-state index is -0.712. The topological polar surface area (TPSA) is 59.1 Å². The summed E-state index contributed by atoms with van der Waals surface area (Å²) in [5.41, 5.74) is 1.62. The molecule has 140 valence electrons. The van der Waals surface area contributed by atoms with E-state index >= 15 is 0 Å². The average molecular weight is 366 g/mol. The summed E-state index contributed by atoms with van der Waals surface area (Å²) in [6.45, 7) is 0.875. The van der Waals surface area contributed by atoms with E-state index in [9.17, 15) is 9.59 Å². The maximum atomic E-state index is 13.1. The van der Waals surface area contributed by atoms with Crippen molar-refractivity contribution >= 4 is 17.5 Å². The normalized spacial score (nSPS) is 20.9. The molecular formula is C21H22N2O4. The van der Waals surface area contributed by atoms with E-state index in [1.54, 1.807) is 43.2 Å². The molecule has 0 bridgehead atoms. The van der Waals surface area contributed by atoms with Crippen LogP contribution in [-0.4, -0.2) is 51.1 Å². The third kappa shape index (κ3) is 2.47. The lowest BCUT2D eigenvalue weighted by Crippen LogP contribution is -2.42. The van der Waals surface area contributed by atoms with Gasteiger partial charge in [-0.3, -0.25) is 9.59 Å². The Kier molecular flexibility index (Phi) is 4.06. The second-order valence-electron chi connectivity index (χ2n) is 7.01. The van der Waals surface area contributed by atoms with Crippen LogP contribution in [0.5, 0.6) is 11.5 Å². The van der Waals surface area contributed by atoms with Crippen LogP contribution in [0.2, 0.25) is 0 Å². The number of hydrogen-bond acceptors (Lipinski definition) is 4. The molecule has 2 heterocycles. The van der Waals surface area contributed by atoms with Crippen molar-refractivity contribution in [2.45, 2.75) is 11.8 Å². The SMILES string of the molecule is COc1ccc2c(c1)[C@@]1(CCN(C(=O)c3ccccc3OC)C1)C(=O)N2C. The van der Waals surface area contributed by atoms with Crippen LogP contribution < -0.4 is 14.4 Å². The Bertz CT molecular complexity index is 926. The van der Waals surface area contributed by atoms with Crippen molar-refractivity contribution in [1.82, 2.24) is 4.90 Å². The second-order valence-corrected chi connectivity index (χ2v) is 7.01. The largest absolute Gasteiger partial charge is 0.497 e. The van der Waals surface area contributed by atoms with E-state index in [1.165, 1.54) is 0 Å². The first-order valence-corrected chi connectivity index (χ1v) is 8.91. The summed E-state index contributed by atoms with van der Waals surface area (Å²) in [5.74, 6) is 1.17. The van der Waals surface area contributed by atoms with E-state index in [2.05, 4.69) is 0 Å². The molecule has 0 radical (unpaired) electrons. The molecule has 2 aliphatic heterocycles. The smallest absolute Gasteiger partial charge is 0.257 e. The summed E-state index contributed by atoms with van der Waals surface area (Å²) in [7, 11) is 4.95. The number of anilines is 1. The fourth-order valence-electron chi connectivity index (χ4n) is 4.23. The van der Waals surface area contributed by atoms with Crippen molar-refractivity contribution in [2.24, 2.45) is 0 Å². The van der Waals surface area contributed by atoms with Crippen LogP contribution >= 0.6 is 0 Å². The van der Waals surface area contributed by atoms with Crippen LogP contribution in [-0.2, 0) is 10.2 Å². The molecule has 1 fully saturated rings. The first-order chi connectivity index (χ1) is 13.0. The molecule has 2 aromatic rings. The summed E-state index contributed by atoms with van der Waals surface area (Å²) in [5, 5.41) is 0. The van der Waals surface area contributed by atoms with Crippen LogP contribution in [0, 0.1) is 0 Å². The molecule has 4 rings (SSSR count). The monoisotopic (exact) mass is 366 g/mol. The van der Waals surface area contributed by atoms with Gasteiger partial charge in [0.25, 0.3) is 5.91 Å². The Labute approximate surface area is 158 Å². The zero-order valence-corrected chi connectivity index (χ0v) is 15.7. The highest BCUT2D eigenvalue weighted by Crippen LogP contribution is 2.48. The molecule has 2 aromatic carbocycles. The fraction of sp³-hybridized carbons (Fsp3) is 0.333. The van der Waals surface area contributed by atoms with Gasteiger partial charge >= 0.3 is 0 Å². The lowest BCUT2D eigenvalue weighted by molar-refractivity contribution is -0.122. The van der Waals surface area contributed by atoms with E-state index in [0.29, 0.717) is 36.6 Å². The molecule has 1 atom stereocenters. The highest BCUT2D eigenvalue weighted by Gasteiger charge is 2.54. The predicted molar refractivity (Wildman–Crippen MR) is 102 cm³/mol. The standard InChI is InChI=1S/C21H22N2O4/c1-22-17-9-8-14(26-2)12-16(17)21(20(22)25)10-11-23(13-21)19(24)15-6-4-5-7-18(15)27-3/h4-9,12H,10-11,13H2,1-3H3/t21-/m0/s1. The van der Waals surface area contributed by atoms with E-state index in [0.717, 1.165) is 11.3 Å². The van der Waals surface area contributed by atoms with Crippen molar-refractivity contribution < 1.29 is 19.1 Å². The second kappa shape index (κ2) is 6.30. The first kappa shape index (κ1) is 17.4. The minimum absolute atomic E-state index is 0.0288. The Balaban J connectivity index is 1.70. The van der Waals surface area contributed by atoms with E-state index in [1.807, 2.05) is 30.3 Å². The summed E-state index contributed by atoms with van der Waals surface area (Å²) in [6, 6.07) is 12.9. The molecule has 6 heteroatoms. The molecule has 2 aliphatic rings. The maximum Gasteiger partial charge on any atom is 0.257 e. The third-order valence-electron chi connectivity index (χ3n) is 5.69. The molecule has 0 N–H and O–H groups in total. The molecule has 0 unspecified atom stereocenters. The van der Waals surface area contributed by atoms with Crippen LogP contribution in [0.4, 0.5) is 5.69 Å². The van der Waals surface area contributed by atoms with E-state index in [4.69, 9.17) is 9.47 Å². The van der Waals surface area contributed by atoms with Gasteiger partial charge in [-0.05, 0) is 42.3 Å². The predicted octanol–water partition coefficient (Wildman–Crippen LogP) is 2.46. The Morgan fingerprint density at radius 3 is 2.63 bits per heavy atom. The van der Waals surface area contributed by atoms with Gasteiger partial charge in [-0.1, -0.05) is 12.1 Å². The van der Waals surface area contributed by atoms with Gasteiger partial charge in [0.1, 0.15) is 11.5 Å². The highest BCUT2D eigenvalue weighted by molar-refractivity contribution is 6.09. The zero-order chi connectivity index (χ0) is 19.2.